The van der Waals surface area contributed by atoms with Crippen molar-refractivity contribution in [2.75, 3.05) is 30.3 Å². The Morgan fingerprint density at radius 3 is 2.42 bits per heavy atom. The minimum absolute atomic E-state index is 0.613. The monoisotopic (exact) mass is 425 g/mol. The Hall–Kier alpha value is -2.56. The summed E-state index contributed by atoms with van der Waals surface area (Å²) in [6.45, 7) is 3.40. The lowest BCUT2D eigenvalue weighted by Crippen LogP contribution is -2.44. The molecular formula is C27H27N3S. The number of benzene rings is 3. The number of nitrogens with zero attached hydrogens (tertiary/aromatic N) is 2. The summed E-state index contributed by atoms with van der Waals surface area (Å²) in [4.78, 5) is 9.43. The molecule has 3 nitrogen and oxygen atoms in total. The third-order valence-electron chi connectivity index (χ3n) is 6.79. The van der Waals surface area contributed by atoms with Crippen LogP contribution in [0, 0.1) is 0 Å². The van der Waals surface area contributed by atoms with E-state index in [-0.39, 0.29) is 0 Å². The molecule has 31 heavy (non-hydrogen) atoms. The van der Waals surface area contributed by atoms with Gasteiger partial charge in [0.15, 0.2) is 0 Å². The van der Waals surface area contributed by atoms with Gasteiger partial charge in [0, 0.05) is 36.2 Å². The minimum atomic E-state index is 0.613. The first-order valence-corrected chi connectivity index (χ1v) is 12.4. The molecule has 3 aromatic carbocycles. The maximum Gasteiger partial charge on any atom is 0.0794 e. The van der Waals surface area contributed by atoms with Crippen LogP contribution in [-0.2, 0) is 0 Å². The molecule has 3 aromatic rings. The fourth-order valence-electron chi connectivity index (χ4n) is 5.40. The Balaban J connectivity index is 1.52. The third kappa shape index (κ3) is 3.38. The zero-order valence-corrected chi connectivity index (χ0v) is 18.4. The van der Waals surface area contributed by atoms with Gasteiger partial charge in [0.1, 0.15) is 0 Å². The molecule has 4 heteroatoms. The number of rotatable bonds is 3. The van der Waals surface area contributed by atoms with E-state index in [1.54, 1.807) is 0 Å². The van der Waals surface area contributed by atoms with Crippen molar-refractivity contribution < 1.29 is 0 Å². The molecule has 1 saturated heterocycles. The normalized spacial score (nSPS) is 21.7. The molecule has 0 amide bonds. The van der Waals surface area contributed by atoms with Gasteiger partial charge in [-0.15, -0.1) is 11.8 Å². The van der Waals surface area contributed by atoms with Crippen molar-refractivity contribution in [2.45, 2.75) is 29.7 Å². The average molecular weight is 426 g/mol. The molecule has 0 radical (unpaired) electrons. The highest BCUT2D eigenvalue weighted by Crippen LogP contribution is 2.52. The molecule has 0 aliphatic carbocycles. The second-order valence-electron chi connectivity index (χ2n) is 8.61. The molecular weight excluding hydrogens is 398 g/mol. The number of piperidine rings is 1. The standard InChI is InChI=1S/C27H27N3S/c1-3-8-19(9-4-1)25(20-10-5-2-6-11-20)29-23-13-12-21-22-18-28-15-14-24(22)30-16-7-17-31-27(23)26(21)30/h1-6,8-13,22,24,28H,7,14-18H2/t22-,24-/m0/s1. The molecule has 3 aliphatic rings. The maximum atomic E-state index is 5.33. The molecule has 1 fully saturated rings. The quantitative estimate of drug-likeness (QED) is 0.552. The molecule has 1 N–H and O–H groups in total. The van der Waals surface area contributed by atoms with Crippen LogP contribution in [0.15, 0.2) is 82.7 Å². The summed E-state index contributed by atoms with van der Waals surface area (Å²) < 4.78 is 0. The minimum Gasteiger partial charge on any atom is -0.367 e. The van der Waals surface area contributed by atoms with E-state index in [0.29, 0.717) is 12.0 Å². The molecule has 3 heterocycles. The number of hydrogen-bond donors (Lipinski definition) is 1. The molecule has 0 spiro atoms. The first-order valence-electron chi connectivity index (χ1n) is 11.4. The van der Waals surface area contributed by atoms with E-state index in [4.69, 9.17) is 4.99 Å². The second-order valence-corrected chi connectivity index (χ2v) is 9.71. The predicted octanol–water partition coefficient (Wildman–Crippen LogP) is 5.62. The molecule has 0 bridgehead atoms. The second kappa shape index (κ2) is 8.18. The van der Waals surface area contributed by atoms with Crippen molar-refractivity contribution in [3.05, 3.63) is 89.5 Å². The van der Waals surface area contributed by atoms with Gasteiger partial charge in [-0.25, -0.2) is 4.99 Å². The summed E-state index contributed by atoms with van der Waals surface area (Å²) in [5.41, 5.74) is 7.49. The lowest BCUT2D eigenvalue weighted by molar-refractivity contribution is 0.403. The molecule has 0 saturated carbocycles. The van der Waals surface area contributed by atoms with Crippen LogP contribution in [0.2, 0.25) is 0 Å². The smallest absolute Gasteiger partial charge is 0.0794 e. The van der Waals surface area contributed by atoms with E-state index in [0.717, 1.165) is 41.4 Å². The summed E-state index contributed by atoms with van der Waals surface area (Å²) in [5.74, 6) is 1.78. The van der Waals surface area contributed by atoms with Crippen LogP contribution in [-0.4, -0.2) is 37.1 Å². The van der Waals surface area contributed by atoms with Crippen LogP contribution in [0.1, 0.15) is 35.4 Å². The van der Waals surface area contributed by atoms with Crippen molar-refractivity contribution in [3.8, 4) is 0 Å². The SMILES string of the molecule is c1ccc(C(=Nc2ccc3c4c2SCCCN4[C@H]2CCNC[C@@H]32)c2ccccc2)cc1. The van der Waals surface area contributed by atoms with E-state index < -0.39 is 0 Å². The van der Waals surface area contributed by atoms with Crippen molar-refractivity contribution in [1.82, 2.24) is 5.32 Å². The van der Waals surface area contributed by atoms with Crippen molar-refractivity contribution >= 4 is 28.8 Å². The van der Waals surface area contributed by atoms with Gasteiger partial charge in [0.2, 0.25) is 0 Å². The molecule has 0 unspecified atom stereocenters. The van der Waals surface area contributed by atoms with E-state index in [1.165, 1.54) is 35.5 Å². The number of thioether (sulfide) groups is 1. The summed E-state index contributed by atoms with van der Waals surface area (Å²) in [6, 6.07) is 26.5. The Kier molecular flexibility index (Phi) is 5.05. The Morgan fingerprint density at radius 1 is 0.935 bits per heavy atom. The molecule has 156 valence electrons. The summed E-state index contributed by atoms with van der Waals surface area (Å²) >= 11 is 2.00. The van der Waals surface area contributed by atoms with Crippen LogP contribution in [0.4, 0.5) is 11.4 Å². The first-order chi connectivity index (χ1) is 15.4. The van der Waals surface area contributed by atoms with Crippen molar-refractivity contribution in [2.24, 2.45) is 4.99 Å². The number of anilines is 1. The third-order valence-corrected chi connectivity index (χ3v) is 7.97. The lowest BCUT2D eigenvalue weighted by Gasteiger charge is -2.33. The van der Waals surface area contributed by atoms with Crippen LogP contribution in [0.3, 0.4) is 0 Å². The zero-order chi connectivity index (χ0) is 20.6. The Labute approximate surface area is 188 Å². The number of aliphatic imine (C=N–C) groups is 1. The number of hydrogen-bond acceptors (Lipinski definition) is 4. The Morgan fingerprint density at radius 2 is 1.68 bits per heavy atom. The van der Waals surface area contributed by atoms with Crippen molar-refractivity contribution in [3.63, 3.8) is 0 Å². The fourth-order valence-corrected chi connectivity index (χ4v) is 6.51. The van der Waals surface area contributed by atoms with Crippen LogP contribution in [0.25, 0.3) is 0 Å². The van der Waals surface area contributed by atoms with Gasteiger partial charge in [-0.2, -0.15) is 0 Å². The molecule has 0 aromatic heterocycles. The summed E-state index contributed by atoms with van der Waals surface area (Å²) in [6.07, 6.45) is 2.48. The van der Waals surface area contributed by atoms with E-state index in [2.05, 4.69) is 83.0 Å². The highest BCUT2D eigenvalue weighted by atomic mass is 32.2. The maximum absolute atomic E-state index is 5.33. The Bertz CT molecular complexity index is 1070. The van der Waals surface area contributed by atoms with Gasteiger partial charge < -0.3 is 10.2 Å². The largest absolute Gasteiger partial charge is 0.367 e. The topological polar surface area (TPSA) is 27.6 Å². The van der Waals surface area contributed by atoms with Gasteiger partial charge in [0.05, 0.1) is 22.0 Å². The van der Waals surface area contributed by atoms with Gasteiger partial charge in [0.25, 0.3) is 0 Å². The molecule has 3 aliphatic heterocycles. The van der Waals surface area contributed by atoms with Gasteiger partial charge in [-0.3, -0.25) is 0 Å². The zero-order valence-electron chi connectivity index (χ0n) is 17.6. The summed E-state index contributed by atoms with van der Waals surface area (Å²) in [5, 5.41) is 3.63. The van der Waals surface area contributed by atoms with E-state index >= 15 is 0 Å². The van der Waals surface area contributed by atoms with Gasteiger partial charge >= 0.3 is 0 Å². The van der Waals surface area contributed by atoms with Crippen LogP contribution < -0.4 is 10.2 Å². The average Bonchev–Trinajstić information content (AvgIpc) is 2.99. The van der Waals surface area contributed by atoms with Crippen LogP contribution >= 0.6 is 11.8 Å². The van der Waals surface area contributed by atoms with Gasteiger partial charge in [-0.1, -0.05) is 66.7 Å². The fraction of sp³-hybridized carbons (Fsp3) is 0.296. The molecule has 6 rings (SSSR count). The van der Waals surface area contributed by atoms with Crippen LogP contribution in [0.5, 0.6) is 0 Å². The molecule has 2 atom stereocenters. The summed E-state index contributed by atoms with van der Waals surface area (Å²) in [7, 11) is 0. The number of nitrogens with one attached hydrogen (secondary N) is 1. The van der Waals surface area contributed by atoms with Crippen molar-refractivity contribution in [1.29, 1.82) is 0 Å². The van der Waals surface area contributed by atoms with E-state index in [1.807, 2.05) is 11.8 Å². The lowest BCUT2D eigenvalue weighted by atomic mass is 9.90. The highest BCUT2D eigenvalue weighted by molar-refractivity contribution is 7.99. The highest BCUT2D eigenvalue weighted by Gasteiger charge is 2.42. The first kappa shape index (κ1) is 19.1. The van der Waals surface area contributed by atoms with Gasteiger partial charge in [-0.05, 0) is 36.8 Å². The predicted molar refractivity (Wildman–Crippen MR) is 131 cm³/mol. The van der Waals surface area contributed by atoms with E-state index in [9.17, 15) is 0 Å². The number of fused-ring (bicyclic) bond motifs is 3.